The Morgan fingerprint density at radius 1 is 0.550 bits per heavy atom. The summed E-state index contributed by atoms with van der Waals surface area (Å²) in [5.41, 5.74) is 11.5. The van der Waals surface area contributed by atoms with Crippen molar-refractivity contribution in [1.29, 1.82) is 0 Å². The van der Waals surface area contributed by atoms with Gasteiger partial charge in [0.25, 0.3) is 0 Å². The van der Waals surface area contributed by atoms with Gasteiger partial charge >= 0.3 is 0 Å². The Kier molecular flexibility index (Phi) is 10.5. The van der Waals surface area contributed by atoms with Crippen LogP contribution in [0, 0.1) is 13.8 Å². The molecule has 6 aromatic rings. The molecule has 312 valence electrons. The van der Waals surface area contributed by atoms with Crippen LogP contribution < -0.4 is 33.7 Å². The zero-order chi connectivity index (χ0) is 42.9. The number of aromatic hydroxyl groups is 2. The zero-order valence-corrected chi connectivity index (χ0v) is 36.6. The number of phenols is 2. The molecule has 3 atom stereocenters. The van der Waals surface area contributed by atoms with Gasteiger partial charge in [0.05, 0.1) is 59.5 Å². The van der Waals surface area contributed by atoms with Gasteiger partial charge in [-0.25, -0.2) is 0 Å². The fourth-order valence-corrected chi connectivity index (χ4v) is 10.2. The number of phenolic OH excluding ortho intramolecular Hbond substituents is 2. The first-order chi connectivity index (χ1) is 28.8. The predicted molar refractivity (Wildman–Crippen MR) is 240 cm³/mol. The summed E-state index contributed by atoms with van der Waals surface area (Å²) in [6, 6.07) is 15.7. The van der Waals surface area contributed by atoms with Crippen LogP contribution in [-0.2, 0) is 12.8 Å². The topological polar surface area (TPSA) is 120 Å². The van der Waals surface area contributed by atoms with Crippen molar-refractivity contribution in [2.45, 2.75) is 72.5 Å². The first-order valence-corrected chi connectivity index (χ1v) is 20.4. The Balaban J connectivity index is 1.51. The van der Waals surface area contributed by atoms with Crippen LogP contribution in [0.15, 0.2) is 53.5 Å². The minimum Gasteiger partial charge on any atom is -0.507 e. The van der Waals surface area contributed by atoms with Crippen molar-refractivity contribution in [3.63, 3.8) is 0 Å². The van der Waals surface area contributed by atoms with E-state index in [1.165, 1.54) is 0 Å². The molecule has 0 spiro atoms. The number of aryl methyl sites for hydroxylation is 2. The Hall–Kier alpha value is -6.13. The van der Waals surface area contributed by atoms with E-state index in [4.69, 9.17) is 33.4 Å². The van der Waals surface area contributed by atoms with Gasteiger partial charge in [-0.3, -0.25) is 4.99 Å². The number of hydrogen-bond donors (Lipinski definition) is 3. The number of rotatable bonds is 9. The average Bonchev–Trinajstić information content (AvgIpc) is 3.22. The molecule has 0 saturated carbocycles. The van der Waals surface area contributed by atoms with E-state index >= 15 is 0 Å². The van der Waals surface area contributed by atoms with Crippen LogP contribution in [0.2, 0.25) is 0 Å². The minimum absolute atomic E-state index is 0.0160. The maximum absolute atomic E-state index is 12.1. The summed E-state index contributed by atoms with van der Waals surface area (Å²) in [5.74, 6) is 3.96. The molecule has 0 unspecified atom stereocenters. The molecule has 60 heavy (non-hydrogen) atoms. The van der Waals surface area contributed by atoms with Gasteiger partial charge in [-0.2, -0.15) is 0 Å². The Morgan fingerprint density at radius 3 is 1.77 bits per heavy atom. The Morgan fingerprint density at radius 2 is 1.13 bits per heavy atom. The van der Waals surface area contributed by atoms with Gasteiger partial charge in [0.15, 0.2) is 0 Å². The summed E-state index contributed by atoms with van der Waals surface area (Å²) in [6.45, 7) is 12.5. The number of hydrogen-bond acceptors (Lipinski definition) is 10. The highest BCUT2D eigenvalue weighted by Crippen LogP contribution is 2.55. The first kappa shape index (κ1) is 40.6. The molecule has 0 saturated heterocycles. The number of nitrogens with one attached hydrogen (secondary N) is 1. The van der Waals surface area contributed by atoms with Gasteiger partial charge in [-0.1, -0.05) is 6.07 Å². The van der Waals surface area contributed by atoms with Crippen LogP contribution in [-0.4, -0.2) is 70.7 Å². The van der Waals surface area contributed by atoms with Gasteiger partial charge in [0, 0.05) is 63.1 Å². The van der Waals surface area contributed by atoms with E-state index in [2.05, 4.69) is 45.1 Å². The lowest BCUT2D eigenvalue weighted by Crippen LogP contribution is -2.36. The Labute approximate surface area is 351 Å². The minimum atomic E-state index is -0.0160. The average molecular weight is 811 g/mol. The maximum Gasteiger partial charge on any atom is 0.138 e. The van der Waals surface area contributed by atoms with Gasteiger partial charge in [0.2, 0.25) is 0 Å². The lowest BCUT2D eigenvalue weighted by molar-refractivity contribution is 0.377. The molecule has 2 heterocycles. The van der Waals surface area contributed by atoms with Crippen molar-refractivity contribution in [3.8, 4) is 79.4 Å². The van der Waals surface area contributed by atoms with Gasteiger partial charge in [-0.15, -0.1) is 0 Å². The molecule has 8 rings (SSSR count). The fourth-order valence-electron chi connectivity index (χ4n) is 10.2. The van der Waals surface area contributed by atoms with Crippen LogP contribution >= 0.6 is 0 Å². The first-order valence-electron chi connectivity index (χ1n) is 20.4. The second-order valence-corrected chi connectivity index (χ2v) is 16.1. The van der Waals surface area contributed by atoms with Gasteiger partial charge in [0.1, 0.15) is 46.0 Å². The number of methoxy groups -OCH3 is 6. The van der Waals surface area contributed by atoms with E-state index in [1.54, 1.807) is 54.8 Å². The largest absolute Gasteiger partial charge is 0.507 e. The second-order valence-electron chi connectivity index (χ2n) is 16.1. The molecule has 0 fully saturated rings. The third kappa shape index (κ3) is 6.14. The fraction of sp³-hybridized carbons (Fsp3) is 0.340. The second kappa shape index (κ2) is 15.5. The molecular formula is C50H54N2O8. The number of fused-ring (bicyclic) bond motifs is 4. The molecule has 0 amide bonds. The summed E-state index contributed by atoms with van der Waals surface area (Å²) in [4.78, 5) is 4.88. The van der Waals surface area contributed by atoms with E-state index in [1.807, 2.05) is 38.1 Å². The quantitative estimate of drug-likeness (QED) is 0.131. The smallest absolute Gasteiger partial charge is 0.138 e. The van der Waals surface area contributed by atoms with Crippen LogP contribution in [0.5, 0.6) is 46.0 Å². The monoisotopic (exact) mass is 810 g/mol. The highest BCUT2D eigenvalue weighted by Gasteiger charge is 2.33. The van der Waals surface area contributed by atoms with Gasteiger partial charge in [-0.05, 0) is 129 Å². The van der Waals surface area contributed by atoms with Crippen molar-refractivity contribution in [1.82, 2.24) is 5.32 Å². The van der Waals surface area contributed by atoms with E-state index in [9.17, 15) is 10.2 Å². The molecule has 0 aromatic heterocycles. The third-order valence-corrected chi connectivity index (χ3v) is 12.5. The molecular weight excluding hydrogens is 757 g/mol. The predicted octanol–water partition coefficient (Wildman–Crippen LogP) is 10.4. The molecule has 0 radical (unpaired) electrons. The number of aliphatic imine (C=N–C) groups is 1. The van der Waals surface area contributed by atoms with Crippen molar-refractivity contribution in [3.05, 3.63) is 81.9 Å². The molecule has 10 heteroatoms. The summed E-state index contributed by atoms with van der Waals surface area (Å²) < 4.78 is 36.5. The standard InChI is InChI=1S/C50H54N2O8/c1-23-17-37(56-8)47-31(41(23)45-32-19-25(3)51-27(5)43(32)39(58-10)21-34(45)53)14-13-30(50(47)60-12)29-15-16-36(55-7)49-38(57-9)18-24(2)42(48(29)49)46-33-20-26(4)52-28(6)44(33)40(59-11)22-35(46)54/h13-18,21-22,25-26,28,52-54H,19-20H2,1-12H3/t25-,26-,28-/m0/s1. The zero-order valence-electron chi connectivity index (χ0n) is 36.6. The summed E-state index contributed by atoms with van der Waals surface area (Å²) >= 11 is 0. The van der Waals surface area contributed by atoms with E-state index in [-0.39, 0.29) is 29.6 Å². The normalized spacial score (nSPS) is 17.2. The molecule has 6 aromatic carbocycles. The number of nitrogens with zero attached hydrogens (tertiary/aromatic N) is 1. The molecule has 0 aliphatic carbocycles. The van der Waals surface area contributed by atoms with E-state index < -0.39 is 0 Å². The van der Waals surface area contributed by atoms with Crippen molar-refractivity contribution in [2.75, 3.05) is 42.7 Å². The van der Waals surface area contributed by atoms with Crippen molar-refractivity contribution >= 4 is 27.3 Å². The molecule has 10 nitrogen and oxygen atoms in total. The molecule has 0 bridgehead atoms. The van der Waals surface area contributed by atoms with Crippen LogP contribution in [0.1, 0.15) is 67.1 Å². The third-order valence-electron chi connectivity index (χ3n) is 12.5. The number of ether oxygens (including phenoxy) is 6. The summed E-state index contributed by atoms with van der Waals surface area (Å²) in [5, 5.41) is 30.9. The van der Waals surface area contributed by atoms with Crippen molar-refractivity contribution < 1.29 is 38.6 Å². The van der Waals surface area contributed by atoms with Crippen LogP contribution in [0.4, 0.5) is 0 Å². The summed E-state index contributed by atoms with van der Waals surface area (Å²) in [6.07, 6.45) is 1.31. The number of benzene rings is 6. The molecule has 2 aliphatic heterocycles. The highest BCUT2D eigenvalue weighted by molar-refractivity contribution is 6.17. The van der Waals surface area contributed by atoms with Crippen LogP contribution in [0.25, 0.3) is 54.9 Å². The lowest BCUT2D eigenvalue weighted by Gasteiger charge is -2.33. The van der Waals surface area contributed by atoms with Crippen molar-refractivity contribution in [2.24, 2.45) is 4.99 Å². The Bertz CT molecular complexity index is 2770. The van der Waals surface area contributed by atoms with Crippen LogP contribution in [0.3, 0.4) is 0 Å². The van der Waals surface area contributed by atoms with E-state index in [0.717, 1.165) is 94.0 Å². The molecule has 3 N–H and O–H groups in total. The maximum atomic E-state index is 12.1. The SMILES string of the molecule is COc1cc(O)c(-c2c(C)cc(OC)c3c(OC)c(-c4ccc(OC)c5c(OC)cc(C)c(-c6c(O)cc(OC)c7c6C[C@H](C)N[C@H]7C)c45)ccc23)c2c1C(C)=N[C@@H](C)C2. The summed E-state index contributed by atoms with van der Waals surface area (Å²) in [7, 11) is 9.91. The highest BCUT2D eigenvalue weighted by atomic mass is 16.5. The van der Waals surface area contributed by atoms with Gasteiger partial charge < -0.3 is 44.0 Å². The van der Waals surface area contributed by atoms with E-state index in [0.29, 0.717) is 47.3 Å². The lowest BCUT2D eigenvalue weighted by atomic mass is 9.80. The molecule has 2 aliphatic rings.